The average Bonchev–Trinajstić information content (AvgIpc) is 3.68. The van der Waals surface area contributed by atoms with E-state index < -0.39 is 0 Å². The Kier molecular flexibility index (Phi) is 6.84. The molecule has 0 saturated heterocycles. The van der Waals surface area contributed by atoms with Gasteiger partial charge in [0.2, 0.25) is 0 Å². The summed E-state index contributed by atoms with van der Waals surface area (Å²) in [5.74, 6) is 0. The average molecular weight is 694 g/mol. The molecule has 0 radical (unpaired) electrons. The molecule has 10 rings (SSSR count). The van der Waals surface area contributed by atoms with E-state index in [1.54, 1.807) is 0 Å². The lowest BCUT2D eigenvalue weighted by molar-refractivity contribution is 0.673. The van der Waals surface area contributed by atoms with Gasteiger partial charge in [0.05, 0.1) is 5.48 Å². The lowest BCUT2D eigenvalue weighted by atomic mass is 9.97. The minimum Gasteiger partial charge on any atom is -0.455 e. The van der Waals surface area contributed by atoms with Crippen LogP contribution in [-0.4, -0.2) is 0 Å². The normalized spacial score (nSPS) is 12.4. The lowest BCUT2D eigenvalue weighted by Gasteiger charge is -2.26. The van der Waals surface area contributed by atoms with Gasteiger partial charge in [0, 0.05) is 33.2 Å². The summed E-state index contributed by atoms with van der Waals surface area (Å²) in [6.45, 7) is 0. The topological polar surface area (TPSA) is 16.4 Å². The maximum Gasteiger partial charge on any atom is 0.143 e. The maximum absolute atomic E-state index is 9.49. The zero-order valence-corrected chi connectivity index (χ0v) is 29.3. The number of furan rings is 1. The highest BCUT2D eigenvalue weighted by molar-refractivity contribution is 6.19. The second kappa shape index (κ2) is 13.4. The van der Waals surface area contributed by atoms with Gasteiger partial charge < -0.3 is 9.32 Å². The van der Waals surface area contributed by atoms with E-state index in [1.807, 2.05) is 138 Å². The maximum atomic E-state index is 9.49. The minimum absolute atomic E-state index is 0.102. The number of rotatable bonds is 7. The fourth-order valence-corrected chi connectivity index (χ4v) is 7.47. The molecular formula is C52H35NO. The lowest BCUT2D eigenvalue weighted by Crippen LogP contribution is -2.09. The summed E-state index contributed by atoms with van der Waals surface area (Å²) in [4.78, 5) is 1.84. The third kappa shape index (κ3) is 5.71. The van der Waals surface area contributed by atoms with Crippen LogP contribution in [0.4, 0.5) is 17.1 Å². The molecule has 0 amide bonds. The Labute approximate surface area is 320 Å². The van der Waals surface area contributed by atoms with Crippen LogP contribution in [0.1, 0.15) is 5.48 Å². The Balaban J connectivity index is 1.11. The molecule has 2 nitrogen and oxygen atoms in total. The van der Waals surface area contributed by atoms with Crippen LogP contribution in [-0.2, 0) is 0 Å². The van der Waals surface area contributed by atoms with Crippen LogP contribution >= 0.6 is 0 Å². The summed E-state index contributed by atoms with van der Waals surface area (Å²) >= 11 is 0. The molecule has 0 N–H and O–H groups in total. The summed E-state index contributed by atoms with van der Waals surface area (Å²) in [6.07, 6.45) is 0. The van der Waals surface area contributed by atoms with Crippen molar-refractivity contribution in [2.75, 3.05) is 4.90 Å². The molecule has 1 aromatic heterocycles. The summed E-state index contributed by atoms with van der Waals surface area (Å²) in [5, 5.41) is 4.28. The van der Waals surface area contributed by atoms with Gasteiger partial charge in [-0.15, -0.1) is 0 Å². The number of hydrogen-bond acceptors (Lipinski definition) is 2. The highest BCUT2D eigenvalue weighted by Crippen LogP contribution is 2.42. The van der Waals surface area contributed by atoms with Gasteiger partial charge in [-0.2, -0.15) is 0 Å². The number of benzene rings is 9. The molecule has 0 saturated carbocycles. The van der Waals surface area contributed by atoms with Crippen LogP contribution in [0.25, 0.3) is 77.2 Å². The van der Waals surface area contributed by atoms with Crippen molar-refractivity contribution in [2.45, 2.75) is 0 Å². The van der Waals surface area contributed by atoms with Crippen LogP contribution < -0.4 is 4.90 Å². The first-order valence-electron chi connectivity index (χ1n) is 20.1. The van der Waals surface area contributed by atoms with Crippen molar-refractivity contribution < 1.29 is 9.90 Å². The summed E-state index contributed by atoms with van der Waals surface area (Å²) in [5.41, 5.74) is 10.2. The Bertz CT molecular complexity index is 3110. The van der Waals surface area contributed by atoms with Gasteiger partial charge in [0.1, 0.15) is 11.2 Å². The van der Waals surface area contributed by atoms with Crippen molar-refractivity contribution in [3.63, 3.8) is 0 Å². The van der Waals surface area contributed by atoms with Crippen molar-refractivity contribution in [2.24, 2.45) is 0 Å². The van der Waals surface area contributed by atoms with Gasteiger partial charge in [0.25, 0.3) is 0 Å². The number of fused-ring (bicyclic) bond motifs is 5. The second-order valence-electron chi connectivity index (χ2n) is 13.4. The molecule has 54 heavy (non-hydrogen) atoms. The van der Waals surface area contributed by atoms with E-state index in [1.165, 1.54) is 0 Å². The highest BCUT2D eigenvalue weighted by Gasteiger charge is 2.17. The van der Waals surface area contributed by atoms with Gasteiger partial charge in [-0.05, 0) is 104 Å². The molecule has 2 heteroatoms. The monoisotopic (exact) mass is 693 g/mol. The predicted octanol–water partition coefficient (Wildman–Crippen LogP) is 14.9. The highest BCUT2D eigenvalue weighted by atomic mass is 16.3. The molecule has 10 aromatic rings. The molecule has 9 aromatic carbocycles. The zero-order chi connectivity index (χ0) is 39.3. The first kappa shape index (κ1) is 27.5. The molecule has 0 spiro atoms. The van der Waals surface area contributed by atoms with Crippen molar-refractivity contribution in [1.82, 2.24) is 0 Å². The van der Waals surface area contributed by atoms with Crippen LogP contribution in [0, 0.1) is 0 Å². The van der Waals surface area contributed by atoms with Crippen molar-refractivity contribution in [3.8, 4) is 44.5 Å². The molecule has 0 unspecified atom stereocenters. The molecule has 0 aliphatic carbocycles. The zero-order valence-electron chi connectivity index (χ0n) is 33.3. The summed E-state index contributed by atoms with van der Waals surface area (Å²) < 4.78 is 44.2. The molecule has 254 valence electrons. The first-order chi connectivity index (χ1) is 28.4. The molecule has 0 bridgehead atoms. The van der Waals surface area contributed by atoms with Crippen LogP contribution in [0.15, 0.2) is 217 Å². The Morgan fingerprint density at radius 1 is 0.370 bits per heavy atom. The molecular weight excluding hydrogens is 655 g/mol. The third-order valence-corrected chi connectivity index (χ3v) is 10.2. The van der Waals surface area contributed by atoms with E-state index in [0.717, 1.165) is 66.1 Å². The molecule has 1 heterocycles. The Hall–Kier alpha value is -7.16. The van der Waals surface area contributed by atoms with Gasteiger partial charge in [-0.3, -0.25) is 0 Å². The Morgan fingerprint density at radius 3 is 1.63 bits per heavy atom. The van der Waals surface area contributed by atoms with E-state index in [0.29, 0.717) is 16.9 Å². The fraction of sp³-hybridized carbons (Fsp3) is 0. The quantitative estimate of drug-likeness (QED) is 0.165. The largest absolute Gasteiger partial charge is 0.455 e. The predicted molar refractivity (Wildman–Crippen MR) is 228 cm³/mol. The first-order valence-corrected chi connectivity index (χ1v) is 18.1. The van der Waals surface area contributed by atoms with E-state index in [-0.39, 0.29) is 35.4 Å². The molecule has 0 fully saturated rings. The molecule has 0 atom stereocenters. The smallest absolute Gasteiger partial charge is 0.143 e. The summed E-state index contributed by atoms with van der Waals surface area (Å²) in [6, 6.07) is 62.0. The Morgan fingerprint density at radius 2 is 0.926 bits per heavy atom. The van der Waals surface area contributed by atoms with Gasteiger partial charge in [-0.1, -0.05) is 158 Å². The van der Waals surface area contributed by atoms with Gasteiger partial charge in [-0.25, -0.2) is 0 Å². The van der Waals surface area contributed by atoms with Gasteiger partial charge in [0.15, 0.2) is 0 Å². The van der Waals surface area contributed by atoms with E-state index in [2.05, 4.69) is 54.6 Å². The van der Waals surface area contributed by atoms with Crippen molar-refractivity contribution in [1.29, 1.82) is 0 Å². The van der Waals surface area contributed by atoms with Crippen LogP contribution in [0.2, 0.25) is 0 Å². The van der Waals surface area contributed by atoms with Crippen molar-refractivity contribution >= 4 is 49.8 Å². The third-order valence-electron chi connectivity index (χ3n) is 10.2. The van der Waals surface area contributed by atoms with E-state index >= 15 is 0 Å². The van der Waals surface area contributed by atoms with E-state index in [4.69, 9.17) is 4.42 Å². The second-order valence-corrected chi connectivity index (χ2v) is 13.4. The standard InChI is InChI=1S/C52H35NO/c1-3-11-36(12-4-1)38-21-28-44(29-22-38)53(45-30-23-39(24-31-45)43-17-9-16-42(35-43)37-13-5-2-6-14-37)46-32-25-41(26-33-46)47-19-10-20-50-51(47)49-34-27-40-15-7-8-18-48(40)52(49)54-50/h1-35H/i23D,24D,30D,31D. The van der Waals surface area contributed by atoms with Crippen LogP contribution in [0.3, 0.4) is 0 Å². The number of nitrogens with zero attached hydrogens (tertiary/aromatic N) is 1. The minimum atomic E-state index is -0.126. The van der Waals surface area contributed by atoms with E-state index in [9.17, 15) is 5.48 Å². The van der Waals surface area contributed by atoms with Gasteiger partial charge >= 0.3 is 0 Å². The molecule has 0 aliphatic heterocycles. The summed E-state index contributed by atoms with van der Waals surface area (Å²) in [7, 11) is 0. The molecule has 0 aliphatic rings. The number of hydrogen-bond donors (Lipinski definition) is 0. The number of anilines is 3. The SMILES string of the molecule is [2H]c1c([2H])c(N(c2ccc(-c3ccccc3)cc2)c2ccc(-c3cccc4oc5c6ccccc6ccc5c34)cc2)c([2H])c([2H])c1-c1cccc(-c2ccccc2)c1. The van der Waals surface area contributed by atoms with Crippen LogP contribution in [0.5, 0.6) is 0 Å². The van der Waals surface area contributed by atoms with Crippen molar-refractivity contribution in [3.05, 3.63) is 212 Å². The fourth-order valence-electron chi connectivity index (χ4n) is 7.47.